The number of halogens is 1. The fourth-order valence-corrected chi connectivity index (χ4v) is 2.82. The van der Waals surface area contributed by atoms with Crippen molar-refractivity contribution in [2.24, 2.45) is 0 Å². The highest BCUT2D eigenvalue weighted by Gasteiger charge is 2.29. The van der Waals surface area contributed by atoms with E-state index < -0.39 is 0 Å². The van der Waals surface area contributed by atoms with E-state index in [0.717, 1.165) is 22.1 Å². The number of anilines is 1. The minimum Gasteiger partial charge on any atom is -0.325 e. The van der Waals surface area contributed by atoms with Gasteiger partial charge >= 0.3 is 0 Å². The SMILES string of the molecule is O=C1Nc2ccccc2[C@H]1Cc1cccc(Br)c1. The van der Waals surface area contributed by atoms with Crippen molar-refractivity contribution in [2.45, 2.75) is 12.3 Å². The minimum atomic E-state index is -0.0736. The smallest absolute Gasteiger partial charge is 0.232 e. The summed E-state index contributed by atoms with van der Waals surface area (Å²) in [5, 5.41) is 2.93. The molecular formula is C15H12BrNO. The molecule has 1 heterocycles. The molecule has 3 rings (SSSR count). The standard InChI is InChI=1S/C15H12BrNO/c16-11-5-3-4-10(8-11)9-13-12-6-1-2-7-14(12)17-15(13)18/h1-8,13H,9H2,(H,17,18)/t13-/m1/s1. The maximum absolute atomic E-state index is 12.0. The lowest BCUT2D eigenvalue weighted by Crippen LogP contribution is -2.14. The predicted octanol–water partition coefficient (Wildman–Crippen LogP) is 3.73. The number of benzene rings is 2. The van der Waals surface area contributed by atoms with Gasteiger partial charge in [0.1, 0.15) is 0 Å². The van der Waals surface area contributed by atoms with E-state index >= 15 is 0 Å². The largest absolute Gasteiger partial charge is 0.325 e. The molecule has 90 valence electrons. The maximum Gasteiger partial charge on any atom is 0.232 e. The van der Waals surface area contributed by atoms with E-state index in [2.05, 4.69) is 33.4 Å². The molecule has 2 aromatic rings. The van der Waals surface area contributed by atoms with Gasteiger partial charge in [-0.2, -0.15) is 0 Å². The second kappa shape index (κ2) is 4.58. The van der Waals surface area contributed by atoms with Crippen molar-refractivity contribution in [1.82, 2.24) is 0 Å². The molecule has 1 atom stereocenters. The first-order valence-corrected chi connectivity index (χ1v) is 6.67. The van der Waals surface area contributed by atoms with Crippen molar-refractivity contribution in [3.8, 4) is 0 Å². The van der Waals surface area contributed by atoms with Crippen LogP contribution >= 0.6 is 15.9 Å². The van der Waals surface area contributed by atoms with Gasteiger partial charge in [0.05, 0.1) is 5.92 Å². The predicted molar refractivity (Wildman–Crippen MR) is 75.7 cm³/mol. The summed E-state index contributed by atoms with van der Waals surface area (Å²) in [5.41, 5.74) is 3.21. The van der Waals surface area contributed by atoms with Crippen LogP contribution < -0.4 is 5.32 Å². The van der Waals surface area contributed by atoms with Crippen LogP contribution in [0.15, 0.2) is 53.0 Å². The van der Waals surface area contributed by atoms with Gasteiger partial charge in [-0.1, -0.05) is 46.3 Å². The van der Waals surface area contributed by atoms with E-state index in [9.17, 15) is 4.79 Å². The molecule has 2 aromatic carbocycles. The Labute approximate surface area is 114 Å². The fourth-order valence-electron chi connectivity index (χ4n) is 2.38. The molecule has 1 N–H and O–H groups in total. The van der Waals surface area contributed by atoms with Gasteiger partial charge in [-0.05, 0) is 35.7 Å². The average molecular weight is 302 g/mol. The molecule has 1 amide bonds. The van der Waals surface area contributed by atoms with Crippen molar-refractivity contribution in [3.63, 3.8) is 0 Å². The molecule has 3 heteroatoms. The van der Waals surface area contributed by atoms with Crippen LogP contribution in [0, 0.1) is 0 Å². The summed E-state index contributed by atoms with van der Waals surface area (Å²) < 4.78 is 1.05. The number of amides is 1. The Morgan fingerprint density at radius 1 is 1.11 bits per heavy atom. The summed E-state index contributed by atoms with van der Waals surface area (Å²) in [6.07, 6.45) is 0.738. The number of rotatable bonds is 2. The second-order valence-electron chi connectivity index (χ2n) is 4.46. The number of hydrogen-bond donors (Lipinski definition) is 1. The lowest BCUT2D eigenvalue weighted by molar-refractivity contribution is -0.117. The molecule has 0 radical (unpaired) electrons. The number of carbonyl (C=O) groups excluding carboxylic acids is 1. The van der Waals surface area contributed by atoms with Gasteiger partial charge in [0.25, 0.3) is 0 Å². The Morgan fingerprint density at radius 2 is 1.94 bits per heavy atom. The van der Waals surface area contributed by atoms with E-state index in [1.165, 1.54) is 5.56 Å². The molecule has 0 bridgehead atoms. The van der Waals surface area contributed by atoms with Gasteiger partial charge < -0.3 is 5.32 Å². The first kappa shape index (κ1) is 11.5. The highest BCUT2D eigenvalue weighted by Crippen LogP contribution is 2.34. The summed E-state index contributed by atoms with van der Waals surface area (Å²) in [5.74, 6) is 0.0201. The Kier molecular flexibility index (Phi) is 2.92. The van der Waals surface area contributed by atoms with Crippen LogP contribution in [0.25, 0.3) is 0 Å². The molecule has 0 spiro atoms. The zero-order valence-corrected chi connectivity index (χ0v) is 11.3. The third-order valence-electron chi connectivity index (χ3n) is 3.24. The summed E-state index contributed by atoms with van der Waals surface area (Å²) in [6, 6.07) is 16.0. The molecule has 0 saturated heterocycles. The molecule has 0 saturated carbocycles. The van der Waals surface area contributed by atoms with Crippen molar-refractivity contribution < 1.29 is 4.79 Å². The Bertz CT molecular complexity index is 609. The second-order valence-corrected chi connectivity index (χ2v) is 5.38. The van der Waals surface area contributed by atoms with E-state index in [4.69, 9.17) is 0 Å². The molecule has 18 heavy (non-hydrogen) atoms. The van der Waals surface area contributed by atoms with Gasteiger partial charge in [0, 0.05) is 10.2 Å². The summed E-state index contributed by atoms with van der Waals surface area (Å²) >= 11 is 3.46. The molecule has 0 aromatic heterocycles. The van der Waals surface area contributed by atoms with Crippen LogP contribution in [0.1, 0.15) is 17.0 Å². The molecule has 0 unspecified atom stereocenters. The normalized spacial score (nSPS) is 17.4. The molecular weight excluding hydrogens is 290 g/mol. The maximum atomic E-state index is 12.0. The quantitative estimate of drug-likeness (QED) is 0.900. The van der Waals surface area contributed by atoms with E-state index in [0.29, 0.717) is 0 Å². The lowest BCUT2D eigenvalue weighted by Gasteiger charge is -2.09. The van der Waals surface area contributed by atoms with Crippen LogP contribution in [0.2, 0.25) is 0 Å². The third-order valence-corrected chi connectivity index (χ3v) is 3.73. The molecule has 0 aliphatic carbocycles. The van der Waals surface area contributed by atoms with Gasteiger partial charge in [-0.15, -0.1) is 0 Å². The van der Waals surface area contributed by atoms with Crippen LogP contribution in [-0.2, 0) is 11.2 Å². The van der Waals surface area contributed by atoms with Crippen LogP contribution in [0.5, 0.6) is 0 Å². The topological polar surface area (TPSA) is 29.1 Å². The minimum absolute atomic E-state index is 0.0736. The third kappa shape index (κ3) is 2.06. The van der Waals surface area contributed by atoms with Gasteiger partial charge in [0.2, 0.25) is 5.91 Å². The molecule has 1 aliphatic heterocycles. The highest BCUT2D eigenvalue weighted by molar-refractivity contribution is 9.10. The average Bonchev–Trinajstić information content (AvgIpc) is 2.66. The van der Waals surface area contributed by atoms with Gasteiger partial charge in [-0.25, -0.2) is 0 Å². The molecule has 1 aliphatic rings. The Hall–Kier alpha value is -1.61. The van der Waals surface area contributed by atoms with Crippen LogP contribution in [0.3, 0.4) is 0 Å². The first-order chi connectivity index (χ1) is 8.74. The van der Waals surface area contributed by atoms with E-state index in [-0.39, 0.29) is 11.8 Å². The van der Waals surface area contributed by atoms with Crippen LogP contribution in [-0.4, -0.2) is 5.91 Å². The summed E-state index contributed by atoms with van der Waals surface area (Å²) in [7, 11) is 0. The Balaban J connectivity index is 1.91. The number of nitrogens with one attached hydrogen (secondary N) is 1. The monoisotopic (exact) mass is 301 g/mol. The van der Waals surface area contributed by atoms with Crippen molar-refractivity contribution >= 4 is 27.5 Å². The first-order valence-electron chi connectivity index (χ1n) is 5.88. The van der Waals surface area contributed by atoms with Crippen molar-refractivity contribution in [1.29, 1.82) is 0 Å². The van der Waals surface area contributed by atoms with E-state index in [1.807, 2.05) is 36.4 Å². The molecule has 2 nitrogen and oxygen atoms in total. The summed E-state index contributed by atoms with van der Waals surface area (Å²) in [6.45, 7) is 0. The van der Waals surface area contributed by atoms with E-state index in [1.54, 1.807) is 0 Å². The number of hydrogen-bond acceptors (Lipinski definition) is 1. The number of para-hydroxylation sites is 1. The highest BCUT2D eigenvalue weighted by atomic mass is 79.9. The fraction of sp³-hybridized carbons (Fsp3) is 0.133. The van der Waals surface area contributed by atoms with Crippen molar-refractivity contribution in [3.05, 3.63) is 64.1 Å². The Morgan fingerprint density at radius 3 is 2.78 bits per heavy atom. The molecule has 0 fully saturated rings. The summed E-state index contributed by atoms with van der Waals surface area (Å²) in [4.78, 5) is 12.0. The van der Waals surface area contributed by atoms with Gasteiger partial charge in [-0.3, -0.25) is 4.79 Å². The van der Waals surface area contributed by atoms with Crippen molar-refractivity contribution in [2.75, 3.05) is 5.32 Å². The zero-order chi connectivity index (χ0) is 12.5. The lowest BCUT2D eigenvalue weighted by atomic mass is 9.93. The number of carbonyl (C=O) groups is 1. The number of fused-ring (bicyclic) bond motifs is 1. The zero-order valence-electron chi connectivity index (χ0n) is 9.69. The van der Waals surface area contributed by atoms with Gasteiger partial charge in [0.15, 0.2) is 0 Å². The van der Waals surface area contributed by atoms with Crippen LogP contribution in [0.4, 0.5) is 5.69 Å².